The first-order chi connectivity index (χ1) is 13.7. The first kappa shape index (κ1) is 21.3. The van der Waals surface area contributed by atoms with Gasteiger partial charge in [0.2, 0.25) is 0 Å². The number of nitrogens with zero attached hydrogens (tertiary/aromatic N) is 2. The van der Waals surface area contributed by atoms with Crippen molar-refractivity contribution in [2.24, 2.45) is 0 Å². The number of sulfone groups is 1. The maximum atomic E-state index is 13.3. The largest absolute Gasteiger partial charge is 0.335 e. The van der Waals surface area contributed by atoms with Crippen molar-refractivity contribution in [3.8, 4) is 0 Å². The fourth-order valence-corrected chi connectivity index (χ4v) is 6.64. The van der Waals surface area contributed by atoms with E-state index in [0.29, 0.717) is 18.7 Å². The molecule has 1 atom stereocenters. The van der Waals surface area contributed by atoms with Crippen LogP contribution >= 0.6 is 0 Å². The van der Waals surface area contributed by atoms with E-state index in [-0.39, 0.29) is 22.0 Å². The molecule has 2 aromatic rings. The quantitative estimate of drug-likeness (QED) is 0.692. The van der Waals surface area contributed by atoms with Gasteiger partial charge in [-0.05, 0) is 37.6 Å². The molecule has 1 saturated heterocycles. The molecule has 156 valence electrons. The minimum atomic E-state index is -3.99. The predicted octanol–water partition coefficient (Wildman–Crippen LogP) is 2.16. The summed E-state index contributed by atoms with van der Waals surface area (Å²) in [4.78, 5) is 14.6. The molecule has 0 N–H and O–H groups in total. The summed E-state index contributed by atoms with van der Waals surface area (Å²) in [7, 11) is -5.73. The van der Waals surface area contributed by atoms with Gasteiger partial charge < -0.3 is 4.90 Å². The van der Waals surface area contributed by atoms with Gasteiger partial charge in [-0.2, -0.15) is 0 Å². The molecular formula is C20H24N2O5S2. The monoisotopic (exact) mass is 436 g/mol. The van der Waals surface area contributed by atoms with Gasteiger partial charge in [0.1, 0.15) is 4.90 Å². The molecule has 3 rings (SSSR count). The Kier molecular flexibility index (Phi) is 6.00. The molecule has 0 saturated carbocycles. The van der Waals surface area contributed by atoms with Crippen molar-refractivity contribution < 1.29 is 21.6 Å². The molecule has 1 amide bonds. The van der Waals surface area contributed by atoms with Gasteiger partial charge in [0.25, 0.3) is 15.9 Å². The fourth-order valence-electron chi connectivity index (χ4n) is 3.54. The Morgan fingerprint density at radius 1 is 1.07 bits per heavy atom. The van der Waals surface area contributed by atoms with Crippen LogP contribution in [0.4, 0.5) is 5.69 Å². The molecule has 1 unspecified atom stereocenters. The van der Waals surface area contributed by atoms with Gasteiger partial charge in [0.05, 0.1) is 22.8 Å². The Morgan fingerprint density at radius 2 is 1.69 bits per heavy atom. The molecular weight excluding hydrogens is 412 g/mol. The molecule has 0 spiro atoms. The Labute approximate surface area is 171 Å². The molecule has 1 fully saturated rings. The van der Waals surface area contributed by atoms with E-state index in [1.54, 1.807) is 49.4 Å². The van der Waals surface area contributed by atoms with E-state index in [1.807, 2.05) is 0 Å². The molecule has 2 aromatic carbocycles. The maximum absolute atomic E-state index is 13.3. The number of sulfonamides is 1. The van der Waals surface area contributed by atoms with Crippen LogP contribution < -0.4 is 4.31 Å². The lowest BCUT2D eigenvalue weighted by atomic mass is 10.1. The number of benzene rings is 2. The second-order valence-electron chi connectivity index (χ2n) is 6.95. The number of rotatable bonds is 6. The maximum Gasteiger partial charge on any atom is 0.264 e. The van der Waals surface area contributed by atoms with Crippen LogP contribution in [-0.2, 0) is 19.9 Å². The summed E-state index contributed by atoms with van der Waals surface area (Å²) >= 11 is 0. The van der Waals surface area contributed by atoms with Crippen molar-refractivity contribution in [2.45, 2.75) is 24.3 Å². The Balaban J connectivity index is 1.99. The number of para-hydroxylation sites is 1. The minimum Gasteiger partial charge on any atom is -0.335 e. The predicted molar refractivity (Wildman–Crippen MR) is 112 cm³/mol. The zero-order chi connectivity index (χ0) is 21.2. The summed E-state index contributed by atoms with van der Waals surface area (Å²) in [5.41, 5.74) is 0.519. The average molecular weight is 437 g/mol. The van der Waals surface area contributed by atoms with Crippen molar-refractivity contribution in [1.29, 1.82) is 0 Å². The van der Waals surface area contributed by atoms with Gasteiger partial charge in [0.15, 0.2) is 9.84 Å². The SMILES string of the molecule is CCN(C(=O)c1ccccc1S(=O)(=O)N(C)c1ccccc1)C1CCS(=O)(=O)C1. The molecule has 0 aliphatic carbocycles. The second-order valence-corrected chi connectivity index (χ2v) is 11.1. The molecule has 7 nitrogen and oxygen atoms in total. The highest BCUT2D eigenvalue weighted by atomic mass is 32.2. The van der Waals surface area contributed by atoms with E-state index >= 15 is 0 Å². The third-order valence-electron chi connectivity index (χ3n) is 5.13. The summed E-state index contributed by atoms with van der Waals surface area (Å²) in [6, 6.07) is 14.2. The lowest BCUT2D eigenvalue weighted by molar-refractivity contribution is 0.0704. The van der Waals surface area contributed by atoms with E-state index in [1.165, 1.54) is 24.1 Å². The number of hydrogen-bond donors (Lipinski definition) is 0. The van der Waals surface area contributed by atoms with E-state index < -0.39 is 31.8 Å². The lowest BCUT2D eigenvalue weighted by Gasteiger charge is -2.28. The van der Waals surface area contributed by atoms with Crippen molar-refractivity contribution >= 4 is 31.5 Å². The number of amides is 1. The third-order valence-corrected chi connectivity index (χ3v) is 8.72. The van der Waals surface area contributed by atoms with Crippen molar-refractivity contribution in [2.75, 3.05) is 29.4 Å². The van der Waals surface area contributed by atoms with Crippen molar-refractivity contribution in [3.05, 3.63) is 60.2 Å². The standard InChI is InChI=1S/C20H24N2O5S2/c1-3-22(17-13-14-28(24,25)15-17)20(23)18-11-7-8-12-19(18)29(26,27)21(2)16-9-5-4-6-10-16/h4-12,17H,3,13-15H2,1-2H3. The first-order valence-electron chi connectivity index (χ1n) is 9.32. The number of anilines is 1. The zero-order valence-corrected chi connectivity index (χ0v) is 18.0. The molecule has 0 bridgehead atoms. The van der Waals surface area contributed by atoms with Crippen LogP contribution in [0.2, 0.25) is 0 Å². The molecule has 0 aromatic heterocycles. The molecule has 1 aliphatic rings. The molecule has 0 radical (unpaired) electrons. The summed E-state index contributed by atoms with van der Waals surface area (Å²) < 4.78 is 51.3. The number of carbonyl (C=O) groups is 1. The zero-order valence-electron chi connectivity index (χ0n) is 16.4. The van der Waals surface area contributed by atoms with Crippen molar-refractivity contribution in [1.82, 2.24) is 4.90 Å². The topological polar surface area (TPSA) is 91.8 Å². The van der Waals surface area contributed by atoms with Gasteiger partial charge in [-0.25, -0.2) is 16.8 Å². The van der Waals surface area contributed by atoms with Crippen LogP contribution in [0, 0.1) is 0 Å². The fraction of sp³-hybridized carbons (Fsp3) is 0.350. The molecule has 1 aliphatic heterocycles. The lowest BCUT2D eigenvalue weighted by Crippen LogP contribution is -2.41. The second kappa shape index (κ2) is 8.16. The van der Waals surface area contributed by atoms with E-state index in [4.69, 9.17) is 0 Å². The van der Waals surface area contributed by atoms with Crippen LogP contribution in [0.3, 0.4) is 0 Å². The molecule has 1 heterocycles. The number of carbonyl (C=O) groups excluding carboxylic acids is 1. The van der Waals surface area contributed by atoms with Crippen LogP contribution in [-0.4, -0.2) is 58.8 Å². The highest BCUT2D eigenvalue weighted by Gasteiger charge is 2.36. The summed E-state index contributed by atoms with van der Waals surface area (Å²) in [5.74, 6) is -0.529. The highest BCUT2D eigenvalue weighted by Crippen LogP contribution is 2.27. The summed E-state index contributed by atoms with van der Waals surface area (Å²) in [6.45, 7) is 2.05. The molecule has 29 heavy (non-hydrogen) atoms. The van der Waals surface area contributed by atoms with Gasteiger partial charge in [-0.1, -0.05) is 30.3 Å². The van der Waals surface area contributed by atoms with Crippen LogP contribution in [0.15, 0.2) is 59.5 Å². The van der Waals surface area contributed by atoms with Gasteiger partial charge in [-0.15, -0.1) is 0 Å². The Morgan fingerprint density at radius 3 is 2.28 bits per heavy atom. The van der Waals surface area contributed by atoms with E-state index in [0.717, 1.165) is 4.31 Å². The van der Waals surface area contributed by atoms with Crippen LogP contribution in [0.1, 0.15) is 23.7 Å². The van der Waals surface area contributed by atoms with Gasteiger partial charge in [0, 0.05) is 19.6 Å². The van der Waals surface area contributed by atoms with E-state index in [2.05, 4.69) is 0 Å². The average Bonchev–Trinajstić information content (AvgIpc) is 3.07. The third kappa shape index (κ3) is 4.30. The van der Waals surface area contributed by atoms with Crippen LogP contribution in [0.5, 0.6) is 0 Å². The first-order valence-corrected chi connectivity index (χ1v) is 12.6. The smallest absolute Gasteiger partial charge is 0.264 e. The Hall–Kier alpha value is -2.39. The Bertz CT molecular complexity index is 1100. The van der Waals surface area contributed by atoms with Gasteiger partial charge in [-0.3, -0.25) is 9.10 Å². The van der Waals surface area contributed by atoms with Crippen molar-refractivity contribution in [3.63, 3.8) is 0 Å². The normalized spacial score (nSPS) is 18.3. The number of hydrogen-bond acceptors (Lipinski definition) is 5. The summed E-state index contributed by atoms with van der Waals surface area (Å²) in [5, 5.41) is 0. The van der Waals surface area contributed by atoms with E-state index in [9.17, 15) is 21.6 Å². The minimum absolute atomic E-state index is 0.0398. The summed E-state index contributed by atoms with van der Waals surface area (Å²) in [6.07, 6.45) is 0.362. The molecule has 9 heteroatoms. The van der Waals surface area contributed by atoms with Crippen LogP contribution in [0.25, 0.3) is 0 Å². The highest BCUT2D eigenvalue weighted by molar-refractivity contribution is 7.93. The van der Waals surface area contributed by atoms with Gasteiger partial charge >= 0.3 is 0 Å².